The fourth-order valence-electron chi connectivity index (χ4n) is 4.87. The quantitative estimate of drug-likeness (QED) is 0.278. The topological polar surface area (TPSA) is 66.7 Å². The monoisotopic (exact) mass is 479 g/mol. The molecule has 1 amide bonds. The van der Waals surface area contributed by atoms with Gasteiger partial charge < -0.3 is 9.80 Å². The number of hydrogen-bond donors (Lipinski definition) is 0. The second-order valence-electron chi connectivity index (χ2n) is 9.41. The Morgan fingerprint density at radius 3 is 2.44 bits per heavy atom. The van der Waals surface area contributed by atoms with Crippen LogP contribution in [0.25, 0.3) is 6.08 Å². The van der Waals surface area contributed by atoms with Crippen molar-refractivity contribution in [2.45, 2.75) is 61.3 Å². The van der Waals surface area contributed by atoms with Gasteiger partial charge in [-0.3, -0.25) is 14.9 Å². The van der Waals surface area contributed by atoms with Crippen molar-refractivity contribution in [1.82, 2.24) is 9.80 Å². The first-order valence-electron chi connectivity index (χ1n) is 12.2. The van der Waals surface area contributed by atoms with Crippen LogP contribution in [0.4, 0.5) is 5.69 Å². The molecule has 2 aliphatic rings. The average molecular weight is 480 g/mol. The van der Waals surface area contributed by atoms with Gasteiger partial charge in [-0.1, -0.05) is 49.9 Å². The van der Waals surface area contributed by atoms with Gasteiger partial charge in [-0.05, 0) is 74.0 Å². The third kappa shape index (κ3) is 5.88. The molecule has 0 radical (unpaired) electrons. The van der Waals surface area contributed by atoms with E-state index in [-0.39, 0.29) is 16.5 Å². The Labute approximate surface area is 206 Å². The third-order valence-electron chi connectivity index (χ3n) is 6.79. The van der Waals surface area contributed by atoms with Gasteiger partial charge in [0.05, 0.1) is 9.82 Å². The molecule has 0 aromatic heterocycles. The third-order valence-corrected chi connectivity index (χ3v) is 7.95. The molecular formula is C27H33N3O3S. The maximum absolute atomic E-state index is 12.7. The number of amides is 1. The fraction of sp³-hybridized carbons (Fsp3) is 0.444. The Bertz CT molecular complexity index is 1050. The molecule has 7 heteroatoms. The normalized spacial score (nSPS) is 17.7. The summed E-state index contributed by atoms with van der Waals surface area (Å²) in [5.41, 5.74) is 1.89. The smallest absolute Gasteiger partial charge is 0.283 e. The highest BCUT2D eigenvalue weighted by Gasteiger charge is 2.27. The highest BCUT2D eigenvalue weighted by atomic mass is 32.2. The van der Waals surface area contributed by atoms with Crippen molar-refractivity contribution in [3.05, 3.63) is 69.8 Å². The highest BCUT2D eigenvalue weighted by molar-refractivity contribution is 7.99. The van der Waals surface area contributed by atoms with Crippen molar-refractivity contribution in [3.63, 3.8) is 0 Å². The predicted octanol–water partition coefficient (Wildman–Crippen LogP) is 5.97. The number of hydrogen-bond acceptors (Lipinski definition) is 5. The lowest BCUT2D eigenvalue weighted by Gasteiger charge is -2.36. The van der Waals surface area contributed by atoms with Crippen molar-refractivity contribution in [2.24, 2.45) is 0 Å². The maximum Gasteiger partial charge on any atom is 0.283 e. The van der Waals surface area contributed by atoms with Crippen LogP contribution in [0.1, 0.15) is 56.6 Å². The summed E-state index contributed by atoms with van der Waals surface area (Å²) < 4.78 is 0. The van der Waals surface area contributed by atoms with E-state index in [1.54, 1.807) is 24.3 Å². The number of rotatable bonds is 7. The minimum absolute atomic E-state index is 0.0214. The number of nitro groups is 1. The Balaban J connectivity index is 1.42. The Hall–Kier alpha value is -2.64. The summed E-state index contributed by atoms with van der Waals surface area (Å²) in [6, 6.07) is 13.8. The number of nitrogens with zero attached hydrogens (tertiary/aromatic N) is 3. The van der Waals surface area contributed by atoms with E-state index in [0.29, 0.717) is 22.4 Å². The summed E-state index contributed by atoms with van der Waals surface area (Å²) >= 11 is 1.42. The van der Waals surface area contributed by atoms with E-state index < -0.39 is 0 Å². The van der Waals surface area contributed by atoms with Crippen LogP contribution in [0.3, 0.4) is 0 Å². The van der Waals surface area contributed by atoms with Crippen molar-refractivity contribution in [2.75, 3.05) is 26.2 Å². The van der Waals surface area contributed by atoms with Gasteiger partial charge in [-0.2, -0.15) is 0 Å². The lowest BCUT2D eigenvalue weighted by molar-refractivity contribution is -0.387. The number of piperidine rings is 1. The molecule has 2 heterocycles. The fourth-order valence-corrected chi connectivity index (χ4v) is 6.05. The summed E-state index contributed by atoms with van der Waals surface area (Å²) in [5, 5.41) is 11.8. The van der Waals surface area contributed by atoms with Crippen LogP contribution in [0.2, 0.25) is 0 Å². The molecule has 0 N–H and O–H groups in total. The number of nitro benzene ring substituents is 1. The molecule has 2 fully saturated rings. The van der Waals surface area contributed by atoms with Crippen LogP contribution < -0.4 is 0 Å². The molecule has 2 aliphatic heterocycles. The van der Waals surface area contributed by atoms with E-state index in [1.165, 1.54) is 43.3 Å². The second kappa shape index (κ2) is 11.2. The zero-order chi connectivity index (χ0) is 24.1. The number of carbonyl (C=O) groups excluding carboxylic acids is 1. The molecule has 0 atom stereocenters. The van der Waals surface area contributed by atoms with Gasteiger partial charge >= 0.3 is 0 Å². The van der Waals surface area contributed by atoms with Crippen LogP contribution >= 0.6 is 11.8 Å². The molecular weight excluding hydrogens is 446 g/mol. The van der Waals surface area contributed by atoms with E-state index >= 15 is 0 Å². The first-order valence-corrected chi connectivity index (χ1v) is 13.0. The summed E-state index contributed by atoms with van der Waals surface area (Å²) in [4.78, 5) is 30.3. The van der Waals surface area contributed by atoms with Crippen LogP contribution in [0.15, 0.2) is 58.3 Å². The van der Waals surface area contributed by atoms with Crippen molar-refractivity contribution < 1.29 is 9.72 Å². The molecule has 6 nitrogen and oxygen atoms in total. The Kier molecular flexibility index (Phi) is 8.06. The van der Waals surface area contributed by atoms with Gasteiger partial charge in [0.25, 0.3) is 5.69 Å². The van der Waals surface area contributed by atoms with Gasteiger partial charge in [-0.15, -0.1) is 0 Å². The molecule has 0 spiro atoms. The molecule has 0 unspecified atom stereocenters. The van der Waals surface area contributed by atoms with Gasteiger partial charge in [-0.25, -0.2) is 0 Å². The molecule has 180 valence electrons. The molecule has 4 rings (SSSR count). The predicted molar refractivity (Wildman–Crippen MR) is 137 cm³/mol. The summed E-state index contributed by atoms with van der Waals surface area (Å²) in [7, 11) is 0. The van der Waals surface area contributed by atoms with Crippen LogP contribution in [0, 0.1) is 10.1 Å². The first-order chi connectivity index (χ1) is 16.4. The molecule has 0 saturated carbocycles. The standard InChI is InChI=1S/C27H33N3O3S/c1-20(2)23-7-3-4-8-25(23)34-26-11-9-21(19-24(26)30(32)33)10-12-27(31)29-17-13-22(14-18-29)28-15-5-6-16-28/h3-4,7-12,19-20,22H,5-6,13-18H2,1-2H3. The van der Waals surface area contributed by atoms with E-state index in [2.05, 4.69) is 24.8 Å². The SMILES string of the molecule is CC(C)c1ccccc1Sc1ccc(C=CC(=O)N2CCC(N3CCCC3)CC2)cc1[N+](=O)[O-]. The van der Waals surface area contributed by atoms with Gasteiger partial charge in [0.1, 0.15) is 0 Å². The summed E-state index contributed by atoms with van der Waals surface area (Å²) in [5.74, 6) is 0.309. The molecule has 2 saturated heterocycles. The zero-order valence-electron chi connectivity index (χ0n) is 20.0. The molecule has 2 aromatic carbocycles. The Morgan fingerprint density at radius 1 is 1.06 bits per heavy atom. The molecule has 34 heavy (non-hydrogen) atoms. The first kappa shape index (κ1) is 24.5. The minimum atomic E-state index is -0.345. The van der Waals surface area contributed by atoms with Gasteiger partial charge in [0.15, 0.2) is 0 Å². The maximum atomic E-state index is 12.7. The number of carbonyl (C=O) groups is 1. The zero-order valence-corrected chi connectivity index (χ0v) is 20.8. The lowest BCUT2D eigenvalue weighted by atomic mass is 10.0. The minimum Gasteiger partial charge on any atom is -0.339 e. The van der Waals surface area contributed by atoms with Crippen LogP contribution in [-0.2, 0) is 4.79 Å². The van der Waals surface area contributed by atoms with Gasteiger partial charge in [0, 0.05) is 36.2 Å². The van der Waals surface area contributed by atoms with Crippen LogP contribution in [0.5, 0.6) is 0 Å². The van der Waals surface area contributed by atoms with Crippen molar-refractivity contribution >= 4 is 29.4 Å². The number of benzene rings is 2. The van der Waals surface area contributed by atoms with E-state index in [4.69, 9.17) is 0 Å². The van der Waals surface area contributed by atoms with Crippen molar-refractivity contribution in [1.29, 1.82) is 0 Å². The Morgan fingerprint density at radius 2 is 1.76 bits per heavy atom. The highest BCUT2D eigenvalue weighted by Crippen LogP contribution is 2.39. The largest absolute Gasteiger partial charge is 0.339 e. The average Bonchev–Trinajstić information content (AvgIpc) is 3.38. The van der Waals surface area contributed by atoms with E-state index in [0.717, 1.165) is 30.8 Å². The molecule has 0 aliphatic carbocycles. The molecule has 0 bridgehead atoms. The van der Waals surface area contributed by atoms with Gasteiger partial charge in [0.2, 0.25) is 5.91 Å². The number of likely N-dealkylation sites (tertiary alicyclic amines) is 2. The molecule has 2 aromatic rings. The van der Waals surface area contributed by atoms with E-state index in [1.807, 2.05) is 29.2 Å². The van der Waals surface area contributed by atoms with Crippen molar-refractivity contribution in [3.8, 4) is 0 Å². The second-order valence-corrected chi connectivity index (χ2v) is 10.5. The van der Waals surface area contributed by atoms with Crippen LogP contribution in [-0.4, -0.2) is 52.9 Å². The van der Waals surface area contributed by atoms with E-state index in [9.17, 15) is 14.9 Å². The lowest BCUT2D eigenvalue weighted by Crippen LogP contribution is -2.45. The summed E-state index contributed by atoms with van der Waals surface area (Å²) in [6.07, 6.45) is 7.86. The summed E-state index contributed by atoms with van der Waals surface area (Å²) in [6.45, 7) is 8.16.